The van der Waals surface area contributed by atoms with Crippen LogP contribution in [0.5, 0.6) is 0 Å². The highest BCUT2D eigenvalue weighted by Gasteiger charge is 2.54. The molecule has 0 aromatic carbocycles. The molecule has 3 nitrogen and oxygen atoms in total. The van der Waals surface area contributed by atoms with Gasteiger partial charge in [0.2, 0.25) is 0 Å². The molecule has 5 atom stereocenters. The maximum Gasteiger partial charge on any atom is 0.0922 e. The fourth-order valence-corrected chi connectivity index (χ4v) is 8.84. The van der Waals surface area contributed by atoms with E-state index in [-0.39, 0.29) is 5.60 Å². The molecule has 4 aliphatic carbocycles. The average molecular weight is 459 g/mol. The molecule has 1 heterocycles. The fraction of sp³-hybridized carbons (Fsp3) is 0.933. The van der Waals surface area contributed by atoms with Crippen molar-refractivity contribution >= 4 is 0 Å². The van der Waals surface area contributed by atoms with Gasteiger partial charge in [-0.2, -0.15) is 0 Å². The third-order valence-electron chi connectivity index (χ3n) is 10.4. The van der Waals surface area contributed by atoms with Gasteiger partial charge in [0.25, 0.3) is 0 Å². The van der Waals surface area contributed by atoms with E-state index in [9.17, 15) is 0 Å². The zero-order valence-corrected chi connectivity index (χ0v) is 21.7. The van der Waals surface area contributed by atoms with Crippen LogP contribution in [-0.4, -0.2) is 37.1 Å². The molecule has 5 aliphatic rings. The third-order valence-corrected chi connectivity index (χ3v) is 10.4. The number of rotatable bonds is 6. The maximum absolute atomic E-state index is 7.62. The summed E-state index contributed by atoms with van der Waals surface area (Å²) < 4.78 is 19.7. The monoisotopic (exact) mass is 458 g/mol. The van der Waals surface area contributed by atoms with Crippen LogP contribution in [0.3, 0.4) is 0 Å². The molecule has 5 unspecified atom stereocenters. The van der Waals surface area contributed by atoms with Gasteiger partial charge in [-0.1, -0.05) is 38.3 Å². The van der Waals surface area contributed by atoms with E-state index in [0.29, 0.717) is 36.1 Å². The zero-order valence-electron chi connectivity index (χ0n) is 21.7. The first-order valence-electron chi connectivity index (χ1n) is 14.7. The molecule has 33 heavy (non-hydrogen) atoms. The van der Waals surface area contributed by atoms with E-state index in [1.807, 2.05) is 0 Å². The van der Waals surface area contributed by atoms with Crippen molar-refractivity contribution in [1.82, 2.24) is 0 Å². The molecule has 5 rings (SSSR count). The van der Waals surface area contributed by atoms with Gasteiger partial charge in [0.15, 0.2) is 0 Å². The van der Waals surface area contributed by atoms with Crippen LogP contribution in [0.25, 0.3) is 0 Å². The summed E-state index contributed by atoms with van der Waals surface area (Å²) in [5.74, 6) is 4.41. The Morgan fingerprint density at radius 3 is 1.94 bits per heavy atom. The van der Waals surface area contributed by atoms with Gasteiger partial charge >= 0.3 is 0 Å². The minimum atomic E-state index is -0.0470. The Bertz CT molecular complexity index is 617. The van der Waals surface area contributed by atoms with E-state index in [1.165, 1.54) is 83.5 Å². The SMILES string of the molecule is CCOC1CCC(C2(C3CCC(OCC)CC3)C=CC3C(C)CC4CCCCC4C3O2)CC1. The summed E-state index contributed by atoms with van der Waals surface area (Å²) >= 11 is 0. The lowest BCUT2D eigenvalue weighted by molar-refractivity contribution is -0.209. The molecule has 3 heteroatoms. The zero-order chi connectivity index (χ0) is 22.8. The second kappa shape index (κ2) is 10.7. The van der Waals surface area contributed by atoms with Crippen LogP contribution in [0.2, 0.25) is 0 Å². The summed E-state index contributed by atoms with van der Waals surface area (Å²) in [6.45, 7) is 8.49. The smallest absolute Gasteiger partial charge is 0.0922 e. The van der Waals surface area contributed by atoms with Crippen LogP contribution in [0.1, 0.15) is 104 Å². The largest absolute Gasteiger partial charge is 0.379 e. The third kappa shape index (κ3) is 4.85. The number of hydrogen-bond donors (Lipinski definition) is 0. The second-order valence-corrected chi connectivity index (χ2v) is 12.2. The molecule has 188 valence electrons. The van der Waals surface area contributed by atoms with Gasteiger partial charge in [-0.3, -0.25) is 0 Å². The van der Waals surface area contributed by atoms with Gasteiger partial charge in [0.1, 0.15) is 0 Å². The van der Waals surface area contributed by atoms with Crippen molar-refractivity contribution < 1.29 is 14.2 Å². The van der Waals surface area contributed by atoms with E-state index < -0.39 is 0 Å². The van der Waals surface area contributed by atoms with E-state index in [0.717, 1.165) is 31.0 Å². The molecule has 0 spiro atoms. The molecule has 0 N–H and O–H groups in total. The first-order valence-corrected chi connectivity index (χ1v) is 14.7. The quantitative estimate of drug-likeness (QED) is 0.390. The molecular weight excluding hydrogens is 408 g/mol. The number of ether oxygens (including phenoxy) is 3. The molecular formula is C30H50O3. The topological polar surface area (TPSA) is 27.7 Å². The molecule has 0 radical (unpaired) electrons. The van der Waals surface area contributed by atoms with E-state index >= 15 is 0 Å². The van der Waals surface area contributed by atoms with Gasteiger partial charge in [-0.25, -0.2) is 0 Å². The van der Waals surface area contributed by atoms with Gasteiger partial charge < -0.3 is 14.2 Å². The Morgan fingerprint density at radius 1 is 0.788 bits per heavy atom. The first-order chi connectivity index (χ1) is 16.1. The summed E-state index contributed by atoms with van der Waals surface area (Å²) in [5, 5.41) is 0. The van der Waals surface area contributed by atoms with Crippen molar-refractivity contribution in [3.05, 3.63) is 12.2 Å². The minimum absolute atomic E-state index is 0.0470. The van der Waals surface area contributed by atoms with Gasteiger partial charge in [0.05, 0.1) is 23.9 Å². The standard InChI is InChI=1S/C30H50O3/c1-4-31-25-14-10-23(11-15-25)30(24-12-16-26(17-13-24)32-5-2)19-18-27-21(3)20-22-8-6-7-9-28(22)29(27)33-30/h18-19,21-29H,4-17,20H2,1-3H3. The van der Waals surface area contributed by atoms with Crippen molar-refractivity contribution in [3.8, 4) is 0 Å². The van der Waals surface area contributed by atoms with Gasteiger partial charge in [-0.05, 0) is 108 Å². The molecule has 0 aromatic heterocycles. The van der Waals surface area contributed by atoms with Crippen molar-refractivity contribution in [2.24, 2.45) is 35.5 Å². The van der Waals surface area contributed by atoms with E-state index in [4.69, 9.17) is 14.2 Å². The highest BCUT2D eigenvalue weighted by atomic mass is 16.5. The summed E-state index contributed by atoms with van der Waals surface area (Å²) in [6.07, 6.45) is 23.7. The maximum atomic E-state index is 7.62. The molecule has 4 fully saturated rings. The fourth-order valence-electron chi connectivity index (χ4n) is 8.84. The Labute approximate surface area is 203 Å². The number of fused-ring (bicyclic) bond motifs is 3. The summed E-state index contributed by atoms with van der Waals surface area (Å²) in [7, 11) is 0. The van der Waals surface area contributed by atoms with Crippen LogP contribution in [0, 0.1) is 35.5 Å². The molecule has 0 saturated heterocycles. The first kappa shape index (κ1) is 24.3. The molecule has 0 bridgehead atoms. The average Bonchev–Trinajstić information content (AvgIpc) is 2.85. The molecule has 4 saturated carbocycles. The summed E-state index contributed by atoms with van der Waals surface area (Å²) in [5.41, 5.74) is -0.0470. The van der Waals surface area contributed by atoms with Crippen LogP contribution in [-0.2, 0) is 14.2 Å². The molecule has 1 aliphatic heterocycles. The molecule has 0 amide bonds. The highest BCUT2D eigenvalue weighted by Crippen LogP contribution is 2.55. The summed E-state index contributed by atoms with van der Waals surface area (Å²) in [4.78, 5) is 0. The van der Waals surface area contributed by atoms with E-state index in [2.05, 4.69) is 32.9 Å². The lowest BCUT2D eigenvalue weighted by Gasteiger charge is -2.57. The predicted molar refractivity (Wildman–Crippen MR) is 134 cm³/mol. The lowest BCUT2D eigenvalue weighted by Crippen LogP contribution is -2.58. The van der Waals surface area contributed by atoms with Gasteiger partial charge in [0, 0.05) is 19.1 Å². The molecule has 0 aromatic rings. The van der Waals surface area contributed by atoms with Crippen molar-refractivity contribution in [1.29, 1.82) is 0 Å². The van der Waals surface area contributed by atoms with Crippen molar-refractivity contribution in [3.63, 3.8) is 0 Å². The lowest BCUT2D eigenvalue weighted by atomic mass is 9.58. The highest BCUT2D eigenvalue weighted by molar-refractivity contribution is 5.18. The van der Waals surface area contributed by atoms with E-state index in [1.54, 1.807) is 0 Å². The van der Waals surface area contributed by atoms with Crippen LogP contribution < -0.4 is 0 Å². The predicted octanol–water partition coefficient (Wildman–Crippen LogP) is 7.33. The normalized spacial score (nSPS) is 48.2. The summed E-state index contributed by atoms with van der Waals surface area (Å²) in [6, 6.07) is 0. The van der Waals surface area contributed by atoms with Gasteiger partial charge in [-0.15, -0.1) is 0 Å². The Morgan fingerprint density at radius 2 is 1.36 bits per heavy atom. The van der Waals surface area contributed by atoms with Crippen LogP contribution >= 0.6 is 0 Å². The van der Waals surface area contributed by atoms with Crippen molar-refractivity contribution in [2.75, 3.05) is 13.2 Å². The second-order valence-electron chi connectivity index (χ2n) is 12.2. The minimum Gasteiger partial charge on any atom is -0.379 e. The number of hydrogen-bond acceptors (Lipinski definition) is 3. The van der Waals surface area contributed by atoms with Crippen molar-refractivity contribution in [2.45, 2.75) is 128 Å². The Hall–Kier alpha value is -0.380. The Balaban J connectivity index is 1.40. The van der Waals surface area contributed by atoms with Crippen LogP contribution in [0.4, 0.5) is 0 Å². The van der Waals surface area contributed by atoms with Crippen LogP contribution in [0.15, 0.2) is 12.2 Å². The Kier molecular flexibility index (Phi) is 7.89.